The van der Waals surface area contributed by atoms with E-state index in [4.69, 9.17) is 23.2 Å². The van der Waals surface area contributed by atoms with Crippen molar-refractivity contribution in [1.82, 2.24) is 0 Å². The van der Waals surface area contributed by atoms with Crippen LogP contribution in [0.4, 0.5) is 5.69 Å². The van der Waals surface area contributed by atoms with Gasteiger partial charge in [0.2, 0.25) is 0 Å². The lowest BCUT2D eigenvalue weighted by molar-refractivity contribution is 0.884. The van der Waals surface area contributed by atoms with E-state index < -0.39 is 0 Å². The predicted octanol–water partition coefficient (Wildman–Crippen LogP) is 5.78. The Hall–Kier alpha value is -1.18. The predicted molar refractivity (Wildman–Crippen MR) is 84.4 cm³/mol. The molecule has 0 aliphatic rings. The van der Waals surface area contributed by atoms with Crippen molar-refractivity contribution in [3.63, 3.8) is 0 Å². The van der Waals surface area contributed by atoms with Crippen LogP contribution in [0, 0.1) is 13.8 Å². The van der Waals surface area contributed by atoms with Crippen LogP contribution in [0.3, 0.4) is 0 Å². The lowest BCUT2D eigenvalue weighted by Gasteiger charge is -2.18. The molecule has 2 rings (SSSR count). The van der Waals surface area contributed by atoms with Crippen molar-refractivity contribution in [3.8, 4) is 0 Å². The summed E-state index contributed by atoms with van der Waals surface area (Å²) < 4.78 is 0. The number of hydrogen-bond acceptors (Lipinski definition) is 1. The van der Waals surface area contributed by atoms with Gasteiger partial charge in [-0.1, -0.05) is 41.4 Å². The SMILES string of the molecule is Cc1cc(C)cc(NC(C)c2cccc(Cl)c2Cl)c1. The number of benzene rings is 2. The largest absolute Gasteiger partial charge is 0.378 e. The Balaban J connectivity index is 2.25. The van der Waals surface area contributed by atoms with Crippen LogP contribution in [0.2, 0.25) is 10.0 Å². The Bertz CT molecular complexity index is 573. The molecule has 0 saturated heterocycles. The molecule has 1 nitrogen and oxygen atoms in total. The van der Waals surface area contributed by atoms with Crippen molar-refractivity contribution >= 4 is 28.9 Å². The van der Waals surface area contributed by atoms with Gasteiger partial charge >= 0.3 is 0 Å². The third-order valence-electron chi connectivity index (χ3n) is 3.05. The maximum Gasteiger partial charge on any atom is 0.0644 e. The molecule has 0 aromatic heterocycles. The summed E-state index contributed by atoms with van der Waals surface area (Å²) >= 11 is 12.3. The average molecular weight is 294 g/mol. The van der Waals surface area contributed by atoms with E-state index in [1.807, 2.05) is 12.1 Å². The first-order valence-electron chi connectivity index (χ1n) is 6.26. The zero-order valence-electron chi connectivity index (χ0n) is 11.3. The van der Waals surface area contributed by atoms with Crippen molar-refractivity contribution in [2.45, 2.75) is 26.8 Å². The first-order chi connectivity index (χ1) is 8.97. The van der Waals surface area contributed by atoms with Crippen LogP contribution >= 0.6 is 23.2 Å². The van der Waals surface area contributed by atoms with E-state index in [9.17, 15) is 0 Å². The maximum atomic E-state index is 6.24. The van der Waals surface area contributed by atoms with Crippen molar-refractivity contribution in [2.24, 2.45) is 0 Å². The van der Waals surface area contributed by atoms with Crippen LogP contribution in [-0.2, 0) is 0 Å². The van der Waals surface area contributed by atoms with Crippen molar-refractivity contribution in [1.29, 1.82) is 0 Å². The normalized spacial score (nSPS) is 12.3. The summed E-state index contributed by atoms with van der Waals surface area (Å²) in [5.41, 5.74) is 4.59. The second-order valence-corrected chi connectivity index (χ2v) is 5.67. The molecule has 3 heteroatoms. The van der Waals surface area contributed by atoms with Gasteiger partial charge in [0.25, 0.3) is 0 Å². The van der Waals surface area contributed by atoms with Gasteiger partial charge in [-0.05, 0) is 55.7 Å². The molecule has 0 fully saturated rings. The zero-order chi connectivity index (χ0) is 14.0. The number of rotatable bonds is 3. The van der Waals surface area contributed by atoms with Crippen LogP contribution in [0.25, 0.3) is 0 Å². The van der Waals surface area contributed by atoms with E-state index in [1.165, 1.54) is 11.1 Å². The molecule has 0 amide bonds. The summed E-state index contributed by atoms with van der Waals surface area (Å²) in [5, 5.41) is 4.67. The highest BCUT2D eigenvalue weighted by Gasteiger charge is 2.11. The lowest BCUT2D eigenvalue weighted by atomic mass is 10.1. The third kappa shape index (κ3) is 3.43. The maximum absolute atomic E-state index is 6.24. The van der Waals surface area contributed by atoms with Crippen LogP contribution in [-0.4, -0.2) is 0 Å². The summed E-state index contributed by atoms with van der Waals surface area (Å²) in [6, 6.07) is 12.2. The summed E-state index contributed by atoms with van der Waals surface area (Å²) in [6.07, 6.45) is 0. The minimum absolute atomic E-state index is 0.104. The molecule has 2 aromatic carbocycles. The molecule has 1 N–H and O–H groups in total. The number of nitrogens with one attached hydrogen (secondary N) is 1. The van der Waals surface area contributed by atoms with Gasteiger partial charge in [-0.25, -0.2) is 0 Å². The molecule has 19 heavy (non-hydrogen) atoms. The Morgan fingerprint density at radius 1 is 1.00 bits per heavy atom. The highest BCUT2D eigenvalue weighted by Crippen LogP contribution is 2.31. The third-order valence-corrected chi connectivity index (χ3v) is 3.89. The van der Waals surface area contributed by atoms with E-state index in [1.54, 1.807) is 6.07 Å². The van der Waals surface area contributed by atoms with Crippen LogP contribution < -0.4 is 5.32 Å². The van der Waals surface area contributed by atoms with Crippen molar-refractivity contribution < 1.29 is 0 Å². The Labute approximate surface area is 124 Å². The first kappa shape index (κ1) is 14.2. The summed E-state index contributed by atoms with van der Waals surface area (Å²) in [4.78, 5) is 0. The monoisotopic (exact) mass is 293 g/mol. The summed E-state index contributed by atoms with van der Waals surface area (Å²) in [6.45, 7) is 6.26. The van der Waals surface area contributed by atoms with Gasteiger partial charge in [0.15, 0.2) is 0 Å². The molecule has 0 heterocycles. The number of halogens is 2. The summed E-state index contributed by atoms with van der Waals surface area (Å²) in [5.74, 6) is 0. The molecular formula is C16H17Cl2N. The van der Waals surface area contributed by atoms with Crippen molar-refractivity contribution in [2.75, 3.05) is 5.32 Å². The van der Waals surface area contributed by atoms with Gasteiger partial charge < -0.3 is 5.32 Å². The fraction of sp³-hybridized carbons (Fsp3) is 0.250. The molecule has 0 saturated carbocycles. The fourth-order valence-electron chi connectivity index (χ4n) is 2.24. The van der Waals surface area contributed by atoms with Crippen LogP contribution in [0.5, 0.6) is 0 Å². The Morgan fingerprint density at radius 2 is 1.63 bits per heavy atom. The van der Waals surface area contributed by atoms with E-state index in [0.29, 0.717) is 10.0 Å². The molecule has 0 bridgehead atoms. The molecule has 2 aromatic rings. The Kier molecular flexibility index (Phi) is 4.38. The Morgan fingerprint density at radius 3 is 2.26 bits per heavy atom. The van der Waals surface area contributed by atoms with Gasteiger partial charge in [0, 0.05) is 5.69 Å². The highest BCUT2D eigenvalue weighted by molar-refractivity contribution is 6.42. The van der Waals surface area contributed by atoms with Gasteiger partial charge in [-0.15, -0.1) is 0 Å². The van der Waals surface area contributed by atoms with Gasteiger partial charge in [0.1, 0.15) is 0 Å². The average Bonchev–Trinajstić information content (AvgIpc) is 2.31. The zero-order valence-corrected chi connectivity index (χ0v) is 12.8. The van der Waals surface area contributed by atoms with Crippen molar-refractivity contribution in [3.05, 3.63) is 63.1 Å². The minimum atomic E-state index is 0.104. The minimum Gasteiger partial charge on any atom is -0.378 e. The molecular weight excluding hydrogens is 277 g/mol. The van der Waals surface area contributed by atoms with Crippen LogP contribution in [0.15, 0.2) is 36.4 Å². The second-order valence-electron chi connectivity index (χ2n) is 4.89. The van der Waals surface area contributed by atoms with E-state index >= 15 is 0 Å². The molecule has 0 aliphatic heterocycles. The van der Waals surface area contributed by atoms with Crippen LogP contribution in [0.1, 0.15) is 29.7 Å². The van der Waals surface area contributed by atoms with Gasteiger partial charge in [0.05, 0.1) is 16.1 Å². The number of anilines is 1. The first-order valence-corrected chi connectivity index (χ1v) is 7.01. The van der Waals surface area contributed by atoms with Gasteiger partial charge in [-0.2, -0.15) is 0 Å². The molecule has 0 spiro atoms. The quantitative estimate of drug-likeness (QED) is 0.756. The second kappa shape index (κ2) is 5.85. The summed E-state index contributed by atoms with van der Waals surface area (Å²) in [7, 11) is 0. The fourth-order valence-corrected chi connectivity index (χ4v) is 2.71. The molecule has 0 aliphatic carbocycles. The number of aryl methyl sites for hydroxylation is 2. The lowest BCUT2D eigenvalue weighted by Crippen LogP contribution is -2.07. The molecule has 100 valence electrons. The van der Waals surface area contributed by atoms with E-state index in [2.05, 4.69) is 44.3 Å². The van der Waals surface area contributed by atoms with Gasteiger partial charge in [-0.3, -0.25) is 0 Å². The molecule has 0 radical (unpaired) electrons. The van der Waals surface area contributed by atoms with E-state index in [0.717, 1.165) is 11.3 Å². The standard InChI is InChI=1S/C16H17Cl2N/c1-10-7-11(2)9-13(8-10)19-12(3)14-5-4-6-15(17)16(14)18/h4-9,12,19H,1-3H3. The molecule has 1 unspecified atom stereocenters. The smallest absolute Gasteiger partial charge is 0.0644 e. The topological polar surface area (TPSA) is 12.0 Å². The number of hydrogen-bond donors (Lipinski definition) is 1. The molecule has 1 atom stereocenters. The van der Waals surface area contributed by atoms with E-state index in [-0.39, 0.29) is 6.04 Å². The highest BCUT2D eigenvalue weighted by atomic mass is 35.5.